The summed E-state index contributed by atoms with van der Waals surface area (Å²) in [6.45, 7) is 6.15. The number of rotatable bonds is 7. The minimum atomic E-state index is 0. The number of hydrogen-bond acceptors (Lipinski definition) is 3. The number of guanidine groups is 1. The molecule has 0 radical (unpaired) electrons. The zero-order valence-corrected chi connectivity index (χ0v) is 18.3. The molecule has 0 unspecified atom stereocenters. The first-order chi connectivity index (χ1) is 12.0. The zero-order valence-electron chi connectivity index (χ0n) is 16.0. The van der Waals surface area contributed by atoms with E-state index in [-0.39, 0.29) is 24.0 Å². The van der Waals surface area contributed by atoms with Crippen LogP contribution in [0.15, 0.2) is 47.5 Å². The number of benzene rings is 2. The molecule has 2 aromatic carbocycles. The van der Waals surface area contributed by atoms with Crippen LogP contribution in [0.2, 0.25) is 0 Å². The zero-order chi connectivity index (χ0) is 18.2. The second-order valence-electron chi connectivity index (χ2n) is 6.38. The third kappa shape index (κ3) is 7.21. The summed E-state index contributed by atoms with van der Waals surface area (Å²) >= 11 is 0. The number of anilines is 1. The third-order valence-corrected chi connectivity index (χ3v) is 3.97. The second-order valence-corrected chi connectivity index (χ2v) is 6.38. The first-order valence-electron chi connectivity index (χ1n) is 8.45. The van der Waals surface area contributed by atoms with Gasteiger partial charge in [-0.25, -0.2) is 4.99 Å². The molecule has 0 amide bonds. The molecule has 0 aliphatic heterocycles. The van der Waals surface area contributed by atoms with Crippen molar-refractivity contribution in [2.75, 3.05) is 32.6 Å². The molecule has 0 spiro atoms. The quantitative estimate of drug-likeness (QED) is 0.369. The summed E-state index contributed by atoms with van der Waals surface area (Å²) in [7, 11) is 4.05. The van der Waals surface area contributed by atoms with Crippen molar-refractivity contribution in [1.29, 1.82) is 0 Å². The topological polar surface area (TPSA) is 62.9 Å². The summed E-state index contributed by atoms with van der Waals surface area (Å²) in [5.74, 6) is 1.25. The summed E-state index contributed by atoms with van der Waals surface area (Å²) in [6, 6.07) is 14.1. The van der Waals surface area contributed by atoms with Gasteiger partial charge in [-0.3, -0.25) is 0 Å². The Balaban J connectivity index is 0.00000338. The van der Waals surface area contributed by atoms with E-state index in [9.17, 15) is 0 Å². The summed E-state index contributed by atoms with van der Waals surface area (Å²) < 4.78 is 5.86. The van der Waals surface area contributed by atoms with E-state index < -0.39 is 0 Å². The number of aliphatic imine (C=N–C) groups is 1. The Hall–Kier alpha value is -1.80. The van der Waals surface area contributed by atoms with E-state index in [4.69, 9.17) is 10.5 Å². The van der Waals surface area contributed by atoms with Gasteiger partial charge in [-0.15, -0.1) is 24.0 Å². The highest BCUT2D eigenvalue weighted by Gasteiger charge is 2.04. The lowest BCUT2D eigenvalue weighted by Crippen LogP contribution is -2.22. The maximum atomic E-state index is 6.02. The Morgan fingerprint density at radius 3 is 2.54 bits per heavy atom. The van der Waals surface area contributed by atoms with Crippen LogP contribution in [0.4, 0.5) is 5.69 Å². The standard InChI is InChI=1S/C20H28N4O.HI/c1-15-9-10-18(13-16(15)2)23-20(21)22-14-17-7-5-6-8-19(17)25-12-11-24(3)4;/h5-10,13H,11-12,14H2,1-4H3,(H3,21,22,23);1H. The molecule has 0 heterocycles. The van der Waals surface area contributed by atoms with Gasteiger partial charge in [-0.2, -0.15) is 0 Å². The predicted octanol–water partition coefficient (Wildman–Crippen LogP) is 3.79. The van der Waals surface area contributed by atoms with Gasteiger partial charge in [0.05, 0.1) is 6.54 Å². The number of para-hydroxylation sites is 1. The number of nitrogens with zero attached hydrogens (tertiary/aromatic N) is 2. The first kappa shape index (κ1) is 22.2. The van der Waals surface area contributed by atoms with Crippen molar-refractivity contribution in [3.63, 3.8) is 0 Å². The lowest BCUT2D eigenvalue weighted by atomic mass is 10.1. The molecule has 3 N–H and O–H groups in total. The van der Waals surface area contributed by atoms with E-state index in [1.165, 1.54) is 11.1 Å². The molecular weight excluding hydrogens is 439 g/mol. The molecule has 6 heteroatoms. The van der Waals surface area contributed by atoms with Crippen molar-refractivity contribution in [2.45, 2.75) is 20.4 Å². The summed E-state index contributed by atoms with van der Waals surface area (Å²) in [4.78, 5) is 6.53. The van der Waals surface area contributed by atoms with E-state index in [2.05, 4.69) is 41.2 Å². The monoisotopic (exact) mass is 468 g/mol. The van der Waals surface area contributed by atoms with Crippen molar-refractivity contribution in [1.82, 2.24) is 4.90 Å². The molecule has 0 aliphatic carbocycles. The van der Waals surface area contributed by atoms with Crippen LogP contribution in [0.1, 0.15) is 16.7 Å². The normalized spacial score (nSPS) is 11.2. The molecule has 5 nitrogen and oxygen atoms in total. The van der Waals surface area contributed by atoms with Crippen molar-refractivity contribution >= 4 is 35.6 Å². The fraction of sp³-hybridized carbons (Fsp3) is 0.350. The van der Waals surface area contributed by atoms with Gasteiger partial charge in [0, 0.05) is 17.8 Å². The number of nitrogens with one attached hydrogen (secondary N) is 1. The minimum absolute atomic E-state index is 0. The highest BCUT2D eigenvalue weighted by atomic mass is 127. The molecule has 0 atom stereocenters. The van der Waals surface area contributed by atoms with E-state index in [0.29, 0.717) is 19.1 Å². The van der Waals surface area contributed by atoms with Gasteiger partial charge in [-0.1, -0.05) is 24.3 Å². The van der Waals surface area contributed by atoms with E-state index >= 15 is 0 Å². The van der Waals surface area contributed by atoms with E-state index in [1.54, 1.807) is 0 Å². The maximum absolute atomic E-state index is 6.02. The van der Waals surface area contributed by atoms with E-state index in [0.717, 1.165) is 23.5 Å². The number of likely N-dealkylation sites (N-methyl/N-ethyl adjacent to an activating group) is 1. The van der Waals surface area contributed by atoms with Gasteiger partial charge < -0.3 is 20.7 Å². The molecule has 26 heavy (non-hydrogen) atoms. The summed E-state index contributed by atoms with van der Waals surface area (Å²) in [6.07, 6.45) is 0. The fourth-order valence-corrected chi connectivity index (χ4v) is 2.29. The Morgan fingerprint density at radius 2 is 1.85 bits per heavy atom. The van der Waals surface area contributed by atoms with Gasteiger partial charge in [0.25, 0.3) is 0 Å². The maximum Gasteiger partial charge on any atom is 0.193 e. The predicted molar refractivity (Wildman–Crippen MR) is 121 cm³/mol. The smallest absolute Gasteiger partial charge is 0.193 e. The van der Waals surface area contributed by atoms with Crippen LogP contribution < -0.4 is 15.8 Å². The highest BCUT2D eigenvalue weighted by Crippen LogP contribution is 2.19. The van der Waals surface area contributed by atoms with Crippen LogP contribution in [0.3, 0.4) is 0 Å². The van der Waals surface area contributed by atoms with Crippen molar-refractivity contribution in [3.8, 4) is 5.75 Å². The Bertz CT molecular complexity index is 732. The lowest BCUT2D eigenvalue weighted by Gasteiger charge is -2.13. The molecule has 0 bridgehead atoms. The molecule has 0 aromatic heterocycles. The van der Waals surface area contributed by atoms with Gasteiger partial charge >= 0.3 is 0 Å². The number of halogens is 1. The molecule has 0 aliphatic rings. The SMILES string of the molecule is Cc1ccc(NC(N)=NCc2ccccc2OCCN(C)C)cc1C.I. The average molecular weight is 468 g/mol. The van der Waals surface area contributed by atoms with Crippen LogP contribution in [0, 0.1) is 13.8 Å². The summed E-state index contributed by atoms with van der Waals surface area (Å²) in [5.41, 5.74) is 10.5. The Labute approximate surface area is 173 Å². The molecule has 142 valence electrons. The average Bonchev–Trinajstić information content (AvgIpc) is 2.57. The Morgan fingerprint density at radius 1 is 1.12 bits per heavy atom. The van der Waals surface area contributed by atoms with Crippen LogP contribution in [-0.4, -0.2) is 38.1 Å². The largest absolute Gasteiger partial charge is 0.492 e. The van der Waals surface area contributed by atoms with Crippen molar-refractivity contribution in [2.24, 2.45) is 10.7 Å². The molecule has 0 saturated heterocycles. The number of aryl methyl sites for hydroxylation is 2. The molecule has 0 saturated carbocycles. The van der Waals surface area contributed by atoms with Gasteiger partial charge in [0.15, 0.2) is 5.96 Å². The van der Waals surface area contributed by atoms with Gasteiger partial charge in [-0.05, 0) is 57.3 Å². The highest BCUT2D eigenvalue weighted by molar-refractivity contribution is 14.0. The number of nitrogens with two attached hydrogens (primary N) is 1. The molecule has 2 rings (SSSR count). The van der Waals surface area contributed by atoms with Crippen LogP contribution in [0.5, 0.6) is 5.75 Å². The minimum Gasteiger partial charge on any atom is -0.492 e. The van der Waals surface area contributed by atoms with Gasteiger partial charge in [0.2, 0.25) is 0 Å². The first-order valence-corrected chi connectivity index (χ1v) is 8.45. The van der Waals surface area contributed by atoms with Crippen LogP contribution in [0.25, 0.3) is 0 Å². The molecule has 0 fully saturated rings. The molecular formula is C20H29IN4O. The summed E-state index contributed by atoms with van der Waals surface area (Å²) in [5, 5.41) is 3.14. The number of hydrogen-bond donors (Lipinski definition) is 2. The van der Waals surface area contributed by atoms with Crippen LogP contribution >= 0.6 is 24.0 Å². The third-order valence-electron chi connectivity index (χ3n) is 3.97. The Kier molecular flexibility index (Phi) is 9.43. The van der Waals surface area contributed by atoms with Gasteiger partial charge in [0.1, 0.15) is 12.4 Å². The fourth-order valence-electron chi connectivity index (χ4n) is 2.29. The van der Waals surface area contributed by atoms with Crippen LogP contribution in [-0.2, 0) is 6.54 Å². The van der Waals surface area contributed by atoms with Crippen molar-refractivity contribution < 1.29 is 4.74 Å². The number of ether oxygens (including phenoxy) is 1. The van der Waals surface area contributed by atoms with Crippen molar-refractivity contribution in [3.05, 3.63) is 59.2 Å². The lowest BCUT2D eigenvalue weighted by molar-refractivity contribution is 0.259. The van der Waals surface area contributed by atoms with E-state index in [1.807, 2.05) is 44.4 Å². The second kappa shape index (κ2) is 11.0. The molecule has 2 aromatic rings.